The van der Waals surface area contributed by atoms with Gasteiger partial charge >= 0.3 is 18.0 Å². The topological polar surface area (TPSA) is 142 Å². The predicted molar refractivity (Wildman–Crippen MR) is 72.8 cm³/mol. The van der Waals surface area contributed by atoms with Crippen LogP contribution in [0, 0.1) is 0 Å². The first-order chi connectivity index (χ1) is 9.01. The van der Waals surface area contributed by atoms with Gasteiger partial charge in [0.2, 0.25) is 5.91 Å². The van der Waals surface area contributed by atoms with E-state index in [-0.39, 0.29) is 7.43 Å². The summed E-state index contributed by atoms with van der Waals surface area (Å²) in [4.78, 5) is 43.7. The summed E-state index contributed by atoms with van der Waals surface area (Å²) in [6.07, 6.45) is -1.59. The van der Waals surface area contributed by atoms with Gasteiger partial charge in [0.1, 0.15) is 18.2 Å². The number of rotatable bonds is 6. The van der Waals surface area contributed by atoms with E-state index in [0.29, 0.717) is 0 Å². The molecule has 0 bridgehead atoms. The minimum atomic E-state index is -1.56. The summed E-state index contributed by atoms with van der Waals surface area (Å²) in [5.74, 6) is -3.67. The highest BCUT2D eigenvalue weighted by atomic mass is 16.6. The Hall–Kier alpha value is -2.32. The second-order valence-corrected chi connectivity index (χ2v) is 4.91. The second-order valence-electron chi connectivity index (χ2n) is 4.91. The van der Waals surface area contributed by atoms with Crippen LogP contribution in [0.2, 0.25) is 0 Å². The number of nitrogens with one attached hydrogen (secondary N) is 2. The summed E-state index contributed by atoms with van der Waals surface area (Å²) >= 11 is 0. The number of hydrogen-bond acceptors (Lipinski definition) is 5. The smallest absolute Gasteiger partial charge is 0.408 e. The molecule has 0 radical (unpaired) electrons. The van der Waals surface area contributed by atoms with Gasteiger partial charge in [-0.05, 0) is 20.8 Å². The number of amides is 2. The molecule has 0 fully saturated rings. The van der Waals surface area contributed by atoms with Crippen LogP contribution < -0.4 is 10.6 Å². The average Bonchev–Trinajstić information content (AvgIpc) is 2.22. The SMILES string of the molecule is C.CC(C)(C)OC(=O)NCC(=O)N[C@@H](CC(=O)O)C(=O)O. The van der Waals surface area contributed by atoms with Crippen molar-refractivity contribution in [3.05, 3.63) is 0 Å². The number of alkyl carbamates (subject to hydrolysis) is 1. The maximum Gasteiger partial charge on any atom is 0.408 e. The Balaban J connectivity index is 0. The lowest BCUT2D eigenvalue weighted by Gasteiger charge is -2.19. The molecule has 0 aromatic heterocycles. The number of ether oxygens (including phenoxy) is 1. The van der Waals surface area contributed by atoms with Crippen molar-refractivity contribution in [3.8, 4) is 0 Å². The van der Waals surface area contributed by atoms with Gasteiger partial charge in [-0.2, -0.15) is 0 Å². The van der Waals surface area contributed by atoms with E-state index in [1.165, 1.54) is 0 Å². The minimum absolute atomic E-state index is 0. The number of carbonyl (C=O) groups is 4. The van der Waals surface area contributed by atoms with Crippen LogP contribution in [0.15, 0.2) is 0 Å². The Labute approximate surface area is 122 Å². The lowest BCUT2D eigenvalue weighted by Crippen LogP contribution is -2.47. The van der Waals surface area contributed by atoms with Crippen LogP contribution in [-0.4, -0.2) is 52.3 Å². The third kappa shape index (κ3) is 11.2. The van der Waals surface area contributed by atoms with Crippen LogP contribution >= 0.6 is 0 Å². The molecule has 0 aliphatic rings. The first-order valence-corrected chi connectivity index (χ1v) is 5.72. The van der Waals surface area contributed by atoms with Crippen LogP contribution in [0.1, 0.15) is 34.6 Å². The predicted octanol–water partition coefficient (Wildman–Crippen LogP) is 0.191. The first-order valence-electron chi connectivity index (χ1n) is 5.72. The Kier molecular flexibility index (Phi) is 8.77. The largest absolute Gasteiger partial charge is 0.481 e. The molecule has 9 heteroatoms. The molecule has 2 amide bonds. The summed E-state index contributed by atoms with van der Waals surface area (Å²) in [5.41, 5.74) is -0.729. The van der Waals surface area contributed by atoms with Gasteiger partial charge < -0.3 is 25.6 Å². The van der Waals surface area contributed by atoms with E-state index in [0.717, 1.165) is 0 Å². The summed E-state index contributed by atoms with van der Waals surface area (Å²) in [7, 11) is 0. The van der Waals surface area contributed by atoms with Crippen molar-refractivity contribution < 1.29 is 34.1 Å². The summed E-state index contributed by atoms with van der Waals surface area (Å²) < 4.78 is 4.86. The number of carbonyl (C=O) groups excluding carboxylic acids is 2. The van der Waals surface area contributed by atoms with Crippen LogP contribution in [0.25, 0.3) is 0 Å². The van der Waals surface area contributed by atoms with E-state index >= 15 is 0 Å². The Bertz CT molecular complexity index is 401. The molecule has 0 aromatic rings. The molecule has 0 spiro atoms. The highest BCUT2D eigenvalue weighted by molar-refractivity contribution is 5.88. The molecule has 21 heavy (non-hydrogen) atoms. The molecule has 9 nitrogen and oxygen atoms in total. The average molecular weight is 306 g/mol. The molecule has 4 N–H and O–H groups in total. The molecule has 0 saturated heterocycles. The number of aliphatic carboxylic acids is 2. The van der Waals surface area contributed by atoms with Crippen LogP contribution in [0.5, 0.6) is 0 Å². The van der Waals surface area contributed by atoms with E-state index in [1.54, 1.807) is 20.8 Å². The molecule has 122 valence electrons. The quantitative estimate of drug-likeness (QED) is 0.548. The van der Waals surface area contributed by atoms with E-state index in [9.17, 15) is 19.2 Å². The number of carboxylic acids is 2. The minimum Gasteiger partial charge on any atom is -0.481 e. The van der Waals surface area contributed by atoms with Crippen LogP contribution in [0.3, 0.4) is 0 Å². The fourth-order valence-corrected chi connectivity index (χ4v) is 1.09. The summed E-state index contributed by atoms with van der Waals surface area (Å²) in [6.45, 7) is 4.40. The van der Waals surface area contributed by atoms with Gasteiger partial charge in [-0.1, -0.05) is 7.43 Å². The zero-order chi connectivity index (χ0) is 15.9. The maximum absolute atomic E-state index is 11.4. The number of hydrogen-bond donors (Lipinski definition) is 4. The van der Waals surface area contributed by atoms with E-state index in [1.807, 2.05) is 5.32 Å². The summed E-state index contributed by atoms with van der Waals surface area (Å²) in [5, 5.41) is 21.3. The Morgan fingerprint density at radius 1 is 1.14 bits per heavy atom. The first kappa shape index (κ1) is 21.0. The van der Waals surface area contributed by atoms with Gasteiger partial charge in [0.15, 0.2) is 0 Å². The molecule has 0 aliphatic heterocycles. The van der Waals surface area contributed by atoms with Crippen LogP contribution in [-0.2, 0) is 19.1 Å². The van der Waals surface area contributed by atoms with Crippen molar-refractivity contribution in [1.82, 2.24) is 10.6 Å². The normalized spacial score (nSPS) is 11.6. The monoisotopic (exact) mass is 306 g/mol. The Morgan fingerprint density at radius 3 is 2.05 bits per heavy atom. The lowest BCUT2D eigenvalue weighted by atomic mass is 10.2. The van der Waals surface area contributed by atoms with Crippen molar-refractivity contribution in [2.45, 2.75) is 46.3 Å². The zero-order valence-corrected chi connectivity index (χ0v) is 11.4. The van der Waals surface area contributed by atoms with Gasteiger partial charge in [0.25, 0.3) is 0 Å². The molecule has 0 aromatic carbocycles. The lowest BCUT2D eigenvalue weighted by molar-refractivity contribution is -0.147. The van der Waals surface area contributed by atoms with Gasteiger partial charge in [-0.3, -0.25) is 9.59 Å². The van der Waals surface area contributed by atoms with Crippen LogP contribution in [0.4, 0.5) is 4.79 Å². The maximum atomic E-state index is 11.4. The van der Waals surface area contributed by atoms with Crippen molar-refractivity contribution in [2.24, 2.45) is 0 Å². The van der Waals surface area contributed by atoms with Gasteiger partial charge in [-0.25, -0.2) is 9.59 Å². The third-order valence-electron chi connectivity index (χ3n) is 1.80. The third-order valence-corrected chi connectivity index (χ3v) is 1.80. The van der Waals surface area contributed by atoms with Crippen molar-refractivity contribution in [3.63, 3.8) is 0 Å². The molecule has 1 atom stereocenters. The fraction of sp³-hybridized carbons (Fsp3) is 0.667. The van der Waals surface area contributed by atoms with Crippen molar-refractivity contribution >= 4 is 23.9 Å². The molecule has 0 saturated carbocycles. The fourth-order valence-electron chi connectivity index (χ4n) is 1.09. The zero-order valence-electron chi connectivity index (χ0n) is 11.4. The molecular weight excluding hydrogens is 284 g/mol. The second kappa shape index (κ2) is 8.77. The molecule has 0 rings (SSSR count). The van der Waals surface area contributed by atoms with Crippen molar-refractivity contribution in [1.29, 1.82) is 0 Å². The molecular formula is C12H22N2O7. The van der Waals surface area contributed by atoms with Crippen molar-refractivity contribution in [2.75, 3.05) is 6.54 Å². The summed E-state index contributed by atoms with van der Waals surface area (Å²) in [6, 6.07) is -1.56. The molecule has 0 unspecified atom stereocenters. The van der Waals surface area contributed by atoms with E-state index in [4.69, 9.17) is 14.9 Å². The van der Waals surface area contributed by atoms with E-state index < -0.39 is 48.5 Å². The number of carboxylic acid groups (broad SMARTS) is 2. The standard InChI is InChI=1S/C11H18N2O7.CH4/c1-11(2,3)20-10(19)12-5-7(14)13-6(9(17)18)4-8(15)16;/h6H,4-5H2,1-3H3,(H,12,19)(H,13,14)(H,15,16)(H,17,18);1H4/t6-;/m0./s1. The van der Waals surface area contributed by atoms with E-state index in [2.05, 4.69) is 5.32 Å². The van der Waals surface area contributed by atoms with Gasteiger partial charge in [0, 0.05) is 0 Å². The molecule has 0 heterocycles. The van der Waals surface area contributed by atoms with Gasteiger partial charge in [-0.15, -0.1) is 0 Å². The highest BCUT2D eigenvalue weighted by Crippen LogP contribution is 2.06. The molecule has 0 aliphatic carbocycles. The van der Waals surface area contributed by atoms with Gasteiger partial charge in [0.05, 0.1) is 6.42 Å². The highest BCUT2D eigenvalue weighted by Gasteiger charge is 2.23. The Morgan fingerprint density at radius 2 is 1.67 bits per heavy atom.